The van der Waals surface area contributed by atoms with Crippen LogP contribution in [0.3, 0.4) is 0 Å². The van der Waals surface area contributed by atoms with E-state index in [-0.39, 0.29) is 10.8 Å². The van der Waals surface area contributed by atoms with Crippen LogP contribution in [0.4, 0.5) is 15.9 Å². The normalized spacial score (nSPS) is 10.3. The fraction of sp³-hybridized carbons (Fsp3) is 0.200. The number of benzene rings is 1. The number of para-hydroxylation sites is 1. The van der Waals surface area contributed by atoms with E-state index < -0.39 is 11.7 Å². The molecule has 1 aromatic carbocycles. The molecule has 6 heteroatoms. The maximum Gasteiger partial charge on any atom is 0.255 e. The topological polar surface area (TPSA) is 54.0 Å². The number of nitrogens with zero attached hydrogens (tertiary/aromatic N) is 1. The number of aryl methyl sites for hydroxylation is 1. The number of pyridine rings is 1. The number of halogens is 2. The van der Waals surface area contributed by atoms with E-state index in [0.717, 1.165) is 0 Å². The second-order valence-electron chi connectivity index (χ2n) is 4.48. The Morgan fingerprint density at radius 2 is 2.14 bits per heavy atom. The molecular formula is C15H15ClFN3O. The Hall–Kier alpha value is -2.14. The first-order valence-electron chi connectivity index (χ1n) is 6.49. The SMILES string of the molecule is CCNc1cc(C(=O)Nc2c(C)cccc2F)cc(Cl)n1. The van der Waals surface area contributed by atoms with Crippen LogP contribution in [0, 0.1) is 12.7 Å². The van der Waals surface area contributed by atoms with Gasteiger partial charge in [-0.25, -0.2) is 9.37 Å². The van der Waals surface area contributed by atoms with Gasteiger partial charge in [0.15, 0.2) is 0 Å². The van der Waals surface area contributed by atoms with E-state index in [1.165, 1.54) is 12.1 Å². The average molecular weight is 308 g/mol. The molecule has 0 aliphatic heterocycles. The van der Waals surface area contributed by atoms with Crippen LogP contribution in [0.5, 0.6) is 0 Å². The molecule has 1 aromatic heterocycles. The van der Waals surface area contributed by atoms with Crippen molar-refractivity contribution in [1.82, 2.24) is 4.98 Å². The number of carbonyl (C=O) groups is 1. The molecule has 0 bridgehead atoms. The largest absolute Gasteiger partial charge is 0.370 e. The van der Waals surface area contributed by atoms with Gasteiger partial charge in [-0.15, -0.1) is 0 Å². The Morgan fingerprint density at radius 1 is 1.38 bits per heavy atom. The molecule has 0 atom stereocenters. The van der Waals surface area contributed by atoms with E-state index in [9.17, 15) is 9.18 Å². The third-order valence-electron chi connectivity index (χ3n) is 2.87. The Bertz CT molecular complexity index is 656. The third kappa shape index (κ3) is 3.70. The molecule has 1 heterocycles. The Labute approximate surface area is 127 Å². The third-order valence-corrected chi connectivity index (χ3v) is 3.07. The number of aromatic nitrogens is 1. The van der Waals surface area contributed by atoms with Gasteiger partial charge < -0.3 is 10.6 Å². The van der Waals surface area contributed by atoms with E-state index in [0.29, 0.717) is 23.5 Å². The molecule has 0 saturated carbocycles. The van der Waals surface area contributed by atoms with Crippen LogP contribution in [-0.2, 0) is 0 Å². The van der Waals surface area contributed by atoms with E-state index >= 15 is 0 Å². The summed E-state index contributed by atoms with van der Waals surface area (Å²) >= 11 is 5.89. The van der Waals surface area contributed by atoms with E-state index in [1.54, 1.807) is 25.1 Å². The van der Waals surface area contributed by atoms with Crippen LogP contribution in [0.25, 0.3) is 0 Å². The molecule has 2 rings (SSSR count). The molecule has 0 spiro atoms. The van der Waals surface area contributed by atoms with Crippen molar-refractivity contribution in [3.05, 3.63) is 52.4 Å². The molecule has 0 aliphatic rings. The number of rotatable bonds is 4. The Morgan fingerprint density at radius 3 is 2.81 bits per heavy atom. The van der Waals surface area contributed by atoms with Gasteiger partial charge in [0.25, 0.3) is 5.91 Å². The van der Waals surface area contributed by atoms with Crippen molar-refractivity contribution in [2.75, 3.05) is 17.2 Å². The van der Waals surface area contributed by atoms with E-state index in [2.05, 4.69) is 15.6 Å². The lowest BCUT2D eigenvalue weighted by molar-refractivity contribution is 0.102. The van der Waals surface area contributed by atoms with Crippen LogP contribution in [0.1, 0.15) is 22.8 Å². The smallest absolute Gasteiger partial charge is 0.255 e. The summed E-state index contributed by atoms with van der Waals surface area (Å²) in [5.41, 5.74) is 1.13. The van der Waals surface area contributed by atoms with Gasteiger partial charge in [0, 0.05) is 12.1 Å². The van der Waals surface area contributed by atoms with Gasteiger partial charge in [-0.2, -0.15) is 0 Å². The van der Waals surface area contributed by atoms with E-state index in [1.807, 2.05) is 6.92 Å². The van der Waals surface area contributed by atoms with Crippen molar-refractivity contribution >= 4 is 29.0 Å². The van der Waals surface area contributed by atoms with Gasteiger partial charge in [-0.3, -0.25) is 4.79 Å². The highest BCUT2D eigenvalue weighted by Gasteiger charge is 2.13. The summed E-state index contributed by atoms with van der Waals surface area (Å²) in [5.74, 6) is -0.414. The summed E-state index contributed by atoms with van der Waals surface area (Å²) in [4.78, 5) is 16.3. The molecule has 2 N–H and O–H groups in total. The van der Waals surface area contributed by atoms with Crippen molar-refractivity contribution in [2.24, 2.45) is 0 Å². The predicted octanol–water partition coefficient (Wildman–Crippen LogP) is 3.87. The molecule has 0 saturated heterocycles. The monoisotopic (exact) mass is 307 g/mol. The Kier molecular flexibility index (Phi) is 4.75. The lowest BCUT2D eigenvalue weighted by Gasteiger charge is -2.10. The maximum absolute atomic E-state index is 13.7. The lowest BCUT2D eigenvalue weighted by Crippen LogP contribution is -2.15. The highest BCUT2D eigenvalue weighted by molar-refractivity contribution is 6.30. The fourth-order valence-corrected chi connectivity index (χ4v) is 2.08. The predicted molar refractivity (Wildman–Crippen MR) is 82.5 cm³/mol. The minimum atomic E-state index is -0.476. The molecule has 21 heavy (non-hydrogen) atoms. The summed E-state index contributed by atoms with van der Waals surface area (Å²) in [7, 11) is 0. The van der Waals surface area contributed by atoms with Gasteiger partial charge >= 0.3 is 0 Å². The van der Waals surface area contributed by atoms with Gasteiger partial charge in [0.1, 0.15) is 16.8 Å². The first-order valence-corrected chi connectivity index (χ1v) is 6.87. The highest BCUT2D eigenvalue weighted by atomic mass is 35.5. The quantitative estimate of drug-likeness (QED) is 0.843. The first kappa shape index (κ1) is 15.3. The number of hydrogen-bond donors (Lipinski definition) is 2. The lowest BCUT2D eigenvalue weighted by atomic mass is 10.1. The van der Waals surface area contributed by atoms with Gasteiger partial charge in [0.05, 0.1) is 5.69 Å². The molecule has 1 amide bonds. The standard InChI is InChI=1S/C15H15ClFN3O/c1-3-18-13-8-10(7-12(16)19-13)15(21)20-14-9(2)5-4-6-11(14)17/h4-8H,3H2,1-2H3,(H,18,19)(H,20,21). The van der Waals surface area contributed by atoms with Crippen LogP contribution < -0.4 is 10.6 Å². The van der Waals surface area contributed by atoms with Crippen molar-refractivity contribution < 1.29 is 9.18 Å². The summed E-state index contributed by atoms with van der Waals surface area (Å²) in [6.07, 6.45) is 0. The van der Waals surface area contributed by atoms with Gasteiger partial charge in [-0.05, 0) is 37.6 Å². The zero-order valence-electron chi connectivity index (χ0n) is 11.7. The highest BCUT2D eigenvalue weighted by Crippen LogP contribution is 2.21. The number of nitrogens with one attached hydrogen (secondary N) is 2. The number of amides is 1. The van der Waals surface area contributed by atoms with Crippen LogP contribution in [0.15, 0.2) is 30.3 Å². The van der Waals surface area contributed by atoms with Crippen LogP contribution in [-0.4, -0.2) is 17.4 Å². The zero-order chi connectivity index (χ0) is 15.4. The summed E-state index contributed by atoms with van der Waals surface area (Å²) in [5, 5.41) is 5.74. The van der Waals surface area contributed by atoms with Crippen LogP contribution >= 0.6 is 11.6 Å². The van der Waals surface area contributed by atoms with E-state index in [4.69, 9.17) is 11.6 Å². The summed E-state index contributed by atoms with van der Waals surface area (Å²) in [6, 6.07) is 7.62. The molecule has 0 unspecified atom stereocenters. The van der Waals surface area contributed by atoms with Gasteiger partial charge in [0.2, 0.25) is 0 Å². The molecule has 2 aromatic rings. The first-order chi connectivity index (χ1) is 10.0. The minimum absolute atomic E-state index is 0.167. The molecule has 0 radical (unpaired) electrons. The second-order valence-corrected chi connectivity index (χ2v) is 4.87. The molecule has 4 nitrogen and oxygen atoms in total. The Balaban J connectivity index is 2.28. The molecule has 0 aliphatic carbocycles. The molecule has 110 valence electrons. The molecular weight excluding hydrogens is 293 g/mol. The van der Waals surface area contributed by atoms with Gasteiger partial charge in [-0.1, -0.05) is 23.7 Å². The van der Waals surface area contributed by atoms with Crippen molar-refractivity contribution in [1.29, 1.82) is 0 Å². The van der Waals surface area contributed by atoms with Crippen LogP contribution in [0.2, 0.25) is 5.15 Å². The fourth-order valence-electron chi connectivity index (χ4n) is 1.88. The number of carbonyl (C=O) groups excluding carboxylic acids is 1. The maximum atomic E-state index is 13.7. The van der Waals surface area contributed by atoms with Crippen molar-refractivity contribution in [3.63, 3.8) is 0 Å². The minimum Gasteiger partial charge on any atom is -0.370 e. The number of hydrogen-bond acceptors (Lipinski definition) is 3. The zero-order valence-corrected chi connectivity index (χ0v) is 12.5. The number of anilines is 2. The van der Waals surface area contributed by atoms with Crippen molar-refractivity contribution in [2.45, 2.75) is 13.8 Å². The second kappa shape index (κ2) is 6.54. The summed E-state index contributed by atoms with van der Waals surface area (Å²) in [6.45, 7) is 4.29. The molecule has 0 fully saturated rings. The summed E-state index contributed by atoms with van der Waals surface area (Å²) < 4.78 is 13.7. The van der Waals surface area contributed by atoms with Crippen molar-refractivity contribution in [3.8, 4) is 0 Å². The average Bonchev–Trinajstić information content (AvgIpc) is 2.42.